The summed E-state index contributed by atoms with van der Waals surface area (Å²) in [4.78, 5) is 0. The van der Waals surface area contributed by atoms with Crippen LogP contribution in [0.1, 0.15) is 26.2 Å². The van der Waals surface area contributed by atoms with E-state index in [0.29, 0.717) is 11.3 Å². The minimum Gasteiger partial charge on any atom is -0.398 e. The van der Waals surface area contributed by atoms with Gasteiger partial charge < -0.3 is 5.73 Å². The first-order chi connectivity index (χ1) is 6.15. The van der Waals surface area contributed by atoms with E-state index >= 15 is 0 Å². The molecular weight excluding hydrogens is 160 g/mol. The average Bonchev–Trinajstić information content (AvgIpc) is 2.04. The third-order valence-electron chi connectivity index (χ3n) is 2.19. The van der Waals surface area contributed by atoms with E-state index in [9.17, 15) is 0 Å². The topological polar surface area (TPSA) is 49.8 Å². The van der Waals surface area contributed by atoms with Crippen molar-refractivity contribution in [3.05, 3.63) is 35.1 Å². The maximum Gasteiger partial charge on any atom is 0.102 e. The number of hydrogen-bond acceptors (Lipinski definition) is 2. The van der Waals surface area contributed by atoms with Crippen LogP contribution in [0.3, 0.4) is 0 Å². The lowest BCUT2D eigenvalue weighted by Gasteiger charge is -2.13. The largest absolute Gasteiger partial charge is 0.398 e. The average molecular weight is 174 g/mol. The van der Waals surface area contributed by atoms with Crippen LogP contribution in [0.15, 0.2) is 35.1 Å². The van der Waals surface area contributed by atoms with E-state index in [1.807, 2.05) is 0 Å². The lowest BCUT2D eigenvalue weighted by atomic mass is 9.92. The standard InChI is InChI=1S/C11H14N2/c1-8-4-3-5-10(6-8)11(7-12)9(2)13/h6H,2-5,13H2,1H3/b11-10-. The highest BCUT2D eigenvalue weighted by molar-refractivity contribution is 5.47. The Balaban J connectivity index is 3.09. The molecule has 68 valence electrons. The van der Waals surface area contributed by atoms with Crippen LogP contribution in [0, 0.1) is 11.3 Å². The molecule has 0 atom stereocenters. The molecule has 0 radical (unpaired) electrons. The summed E-state index contributed by atoms with van der Waals surface area (Å²) >= 11 is 0. The van der Waals surface area contributed by atoms with Crippen molar-refractivity contribution in [2.75, 3.05) is 0 Å². The summed E-state index contributed by atoms with van der Waals surface area (Å²) in [5, 5.41) is 8.86. The van der Waals surface area contributed by atoms with Gasteiger partial charge in [-0.05, 0) is 31.8 Å². The van der Waals surface area contributed by atoms with Gasteiger partial charge in [0.05, 0.1) is 5.57 Å². The van der Waals surface area contributed by atoms with Crippen molar-refractivity contribution in [3.8, 4) is 6.07 Å². The monoisotopic (exact) mass is 174 g/mol. The fourth-order valence-corrected chi connectivity index (χ4v) is 1.55. The zero-order valence-corrected chi connectivity index (χ0v) is 7.93. The van der Waals surface area contributed by atoms with Crippen molar-refractivity contribution in [3.63, 3.8) is 0 Å². The fourth-order valence-electron chi connectivity index (χ4n) is 1.55. The predicted molar refractivity (Wildman–Crippen MR) is 53.6 cm³/mol. The summed E-state index contributed by atoms with van der Waals surface area (Å²) in [5.74, 6) is 0. The third-order valence-corrected chi connectivity index (χ3v) is 2.19. The lowest BCUT2D eigenvalue weighted by Crippen LogP contribution is -2.03. The van der Waals surface area contributed by atoms with Gasteiger partial charge >= 0.3 is 0 Å². The molecule has 0 aromatic heterocycles. The quantitative estimate of drug-likeness (QED) is 0.620. The summed E-state index contributed by atoms with van der Waals surface area (Å²) in [7, 11) is 0. The van der Waals surface area contributed by atoms with Crippen molar-refractivity contribution in [1.29, 1.82) is 5.26 Å². The van der Waals surface area contributed by atoms with Crippen molar-refractivity contribution in [2.24, 2.45) is 5.73 Å². The van der Waals surface area contributed by atoms with Crippen molar-refractivity contribution >= 4 is 0 Å². The Bertz CT molecular complexity index is 326. The second-order valence-electron chi connectivity index (χ2n) is 3.38. The van der Waals surface area contributed by atoms with Gasteiger partial charge in [-0.2, -0.15) is 5.26 Å². The van der Waals surface area contributed by atoms with Crippen molar-refractivity contribution in [1.82, 2.24) is 0 Å². The lowest BCUT2D eigenvalue weighted by molar-refractivity contribution is 0.780. The molecule has 0 saturated carbocycles. The first kappa shape index (κ1) is 9.60. The van der Waals surface area contributed by atoms with Crippen LogP contribution in [-0.2, 0) is 0 Å². The molecule has 0 bridgehead atoms. The molecule has 1 rings (SSSR count). The highest BCUT2D eigenvalue weighted by atomic mass is 14.6. The Morgan fingerprint density at radius 1 is 1.62 bits per heavy atom. The van der Waals surface area contributed by atoms with E-state index in [0.717, 1.165) is 24.8 Å². The first-order valence-electron chi connectivity index (χ1n) is 4.40. The van der Waals surface area contributed by atoms with Crippen LogP contribution in [0.5, 0.6) is 0 Å². The van der Waals surface area contributed by atoms with Gasteiger partial charge in [-0.3, -0.25) is 0 Å². The second kappa shape index (κ2) is 3.95. The summed E-state index contributed by atoms with van der Waals surface area (Å²) in [6, 6.07) is 2.10. The zero-order chi connectivity index (χ0) is 9.84. The molecule has 0 saturated heterocycles. The molecule has 0 spiro atoms. The molecule has 13 heavy (non-hydrogen) atoms. The fraction of sp³-hybridized carbons (Fsp3) is 0.364. The van der Waals surface area contributed by atoms with Crippen molar-refractivity contribution < 1.29 is 0 Å². The molecule has 2 heteroatoms. The molecule has 0 aromatic carbocycles. The maximum absolute atomic E-state index is 8.86. The molecule has 1 aliphatic rings. The van der Waals surface area contributed by atoms with Crippen LogP contribution in [0.4, 0.5) is 0 Å². The first-order valence-corrected chi connectivity index (χ1v) is 4.40. The Morgan fingerprint density at radius 2 is 2.31 bits per heavy atom. The molecule has 0 aromatic rings. The third kappa shape index (κ3) is 2.22. The molecule has 0 amide bonds. The smallest absolute Gasteiger partial charge is 0.102 e. The molecule has 2 nitrogen and oxygen atoms in total. The normalized spacial score (nSPS) is 20.2. The van der Waals surface area contributed by atoms with Gasteiger partial charge in [0.1, 0.15) is 6.07 Å². The molecular formula is C11H14N2. The Kier molecular flexibility index (Phi) is 2.92. The molecule has 0 fully saturated rings. The van der Waals surface area contributed by atoms with Crippen molar-refractivity contribution in [2.45, 2.75) is 26.2 Å². The number of nitrogens with two attached hydrogens (primary N) is 1. The van der Waals surface area contributed by atoms with Crippen LogP contribution < -0.4 is 5.73 Å². The van der Waals surface area contributed by atoms with Crippen LogP contribution >= 0.6 is 0 Å². The summed E-state index contributed by atoms with van der Waals surface area (Å²) in [6.45, 7) is 5.67. The maximum atomic E-state index is 8.86. The van der Waals surface area contributed by atoms with E-state index in [4.69, 9.17) is 11.0 Å². The molecule has 0 heterocycles. The van der Waals surface area contributed by atoms with E-state index in [-0.39, 0.29) is 0 Å². The van der Waals surface area contributed by atoms with Gasteiger partial charge in [0, 0.05) is 5.70 Å². The molecule has 2 N–H and O–H groups in total. The van der Waals surface area contributed by atoms with Gasteiger partial charge in [0.15, 0.2) is 0 Å². The SMILES string of the molecule is C=C(N)/C(C#N)=C1\C=C(C)CCC1. The number of nitrogens with zero attached hydrogens (tertiary/aromatic N) is 1. The second-order valence-corrected chi connectivity index (χ2v) is 3.38. The number of hydrogen-bond donors (Lipinski definition) is 1. The summed E-state index contributed by atoms with van der Waals surface area (Å²) in [5.41, 5.74) is 8.81. The van der Waals surface area contributed by atoms with E-state index in [1.54, 1.807) is 0 Å². The highest BCUT2D eigenvalue weighted by Crippen LogP contribution is 2.25. The van der Waals surface area contributed by atoms with Gasteiger partial charge in [-0.1, -0.05) is 18.2 Å². The molecule has 0 aliphatic heterocycles. The van der Waals surface area contributed by atoms with Crippen LogP contribution in [0.2, 0.25) is 0 Å². The number of allylic oxidation sites excluding steroid dienone is 4. The Morgan fingerprint density at radius 3 is 2.77 bits per heavy atom. The highest BCUT2D eigenvalue weighted by Gasteiger charge is 2.10. The Hall–Kier alpha value is -1.49. The van der Waals surface area contributed by atoms with Crippen LogP contribution in [-0.4, -0.2) is 0 Å². The molecule has 0 unspecified atom stereocenters. The van der Waals surface area contributed by atoms with Gasteiger partial charge in [-0.15, -0.1) is 0 Å². The van der Waals surface area contributed by atoms with E-state index < -0.39 is 0 Å². The Labute approximate surface area is 79.0 Å². The minimum absolute atomic E-state index is 0.378. The predicted octanol–water partition coefficient (Wildman–Crippen LogP) is 2.41. The zero-order valence-electron chi connectivity index (χ0n) is 7.93. The number of nitriles is 1. The summed E-state index contributed by atoms with van der Waals surface area (Å²) in [6.07, 6.45) is 5.23. The van der Waals surface area contributed by atoms with Crippen LogP contribution in [0.25, 0.3) is 0 Å². The minimum atomic E-state index is 0.378. The van der Waals surface area contributed by atoms with Gasteiger partial charge in [0.25, 0.3) is 0 Å². The summed E-state index contributed by atoms with van der Waals surface area (Å²) < 4.78 is 0. The number of rotatable bonds is 1. The molecule has 1 aliphatic carbocycles. The van der Waals surface area contributed by atoms with E-state index in [1.165, 1.54) is 5.57 Å². The van der Waals surface area contributed by atoms with Gasteiger partial charge in [0.2, 0.25) is 0 Å². The van der Waals surface area contributed by atoms with Gasteiger partial charge in [-0.25, -0.2) is 0 Å². The van der Waals surface area contributed by atoms with E-state index in [2.05, 4.69) is 25.6 Å².